The highest BCUT2D eigenvalue weighted by Crippen LogP contribution is 2.21. The van der Waals surface area contributed by atoms with E-state index in [1.54, 1.807) is 12.3 Å². The number of halogens is 2. The Balaban J connectivity index is 2.96. The van der Waals surface area contributed by atoms with Crippen LogP contribution in [0.15, 0.2) is 12.3 Å². The van der Waals surface area contributed by atoms with Gasteiger partial charge in [0.25, 0.3) is 0 Å². The number of hydrogen-bond acceptors (Lipinski definition) is 3. The fourth-order valence-electron chi connectivity index (χ4n) is 0.899. The molecule has 1 aromatic rings. The van der Waals surface area contributed by atoms with Gasteiger partial charge >= 0.3 is 0 Å². The lowest BCUT2D eigenvalue weighted by Crippen LogP contribution is -2.11. The number of nitriles is 1. The van der Waals surface area contributed by atoms with Crippen molar-refractivity contribution < 1.29 is 0 Å². The smallest absolute Gasteiger partial charge is 0.130 e. The summed E-state index contributed by atoms with van der Waals surface area (Å²) in [6.45, 7) is 0. The molecule has 1 heterocycles. The van der Waals surface area contributed by atoms with Crippen molar-refractivity contribution in [1.29, 1.82) is 5.26 Å². The van der Waals surface area contributed by atoms with Gasteiger partial charge in [0.15, 0.2) is 0 Å². The Morgan fingerprint density at radius 2 is 2.46 bits per heavy atom. The van der Waals surface area contributed by atoms with Gasteiger partial charge in [-0.15, -0.1) is 0 Å². The van der Waals surface area contributed by atoms with Gasteiger partial charge in [0, 0.05) is 21.4 Å². The van der Waals surface area contributed by atoms with E-state index in [0.29, 0.717) is 11.6 Å². The summed E-state index contributed by atoms with van der Waals surface area (Å²) >= 11 is 7.80. The Morgan fingerprint density at radius 3 is 3.00 bits per heavy atom. The van der Waals surface area contributed by atoms with Gasteiger partial charge in [-0.1, -0.05) is 11.6 Å². The molecule has 5 heteroatoms. The lowest BCUT2D eigenvalue weighted by molar-refractivity contribution is 0.739. The third-order valence-corrected chi connectivity index (χ3v) is 2.70. The zero-order valence-electron chi connectivity index (χ0n) is 6.67. The predicted octanol–water partition coefficient (Wildman–Crippen LogP) is 2.25. The van der Waals surface area contributed by atoms with Gasteiger partial charge in [-0.05, 0) is 28.7 Å². The zero-order valence-corrected chi connectivity index (χ0v) is 9.58. The summed E-state index contributed by atoms with van der Waals surface area (Å²) in [5.74, 6) is 0. The van der Waals surface area contributed by atoms with Crippen LogP contribution in [0.2, 0.25) is 5.15 Å². The maximum Gasteiger partial charge on any atom is 0.130 e. The second-order valence-corrected chi connectivity index (χ2v) is 4.05. The summed E-state index contributed by atoms with van der Waals surface area (Å²) in [6.07, 6.45) is 1.91. The Hall–Kier alpha value is -0.380. The molecule has 1 unspecified atom stereocenters. The number of rotatable bonds is 2. The van der Waals surface area contributed by atoms with Crippen molar-refractivity contribution >= 4 is 34.2 Å². The van der Waals surface area contributed by atoms with E-state index in [0.717, 1.165) is 9.13 Å². The van der Waals surface area contributed by atoms with Gasteiger partial charge < -0.3 is 5.73 Å². The van der Waals surface area contributed by atoms with Crippen LogP contribution in [0.5, 0.6) is 0 Å². The summed E-state index contributed by atoms with van der Waals surface area (Å²) < 4.78 is 0.945. The molecule has 0 aliphatic carbocycles. The van der Waals surface area contributed by atoms with Crippen LogP contribution in [0, 0.1) is 14.9 Å². The average molecular weight is 308 g/mol. The summed E-state index contributed by atoms with van der Waals surface area (Å²) in [5, 5.41) is 8.91. The number of nitrogens with two attached hydrogens (primary N) is 1. The molecule has 0 radical (unpaired) electrons. The number of pyridine rings is 1. The topological polar surface area (TPSA) is 62.7 Å². The monoisotopic (exact) mass is 307 g/mol. The first-order chi connectivity index (χ1) is 6.15. The van der Waals surface area contributed by atoms with E-state index in [-0.39, 0.29) is 6.04 Å². The minimum atomic E-state index is -0.276. The van der Waals surface area contributed by atoms with Gasteiger partial charge in [-0.2, -0.15) is 5.26 Å². The standard InChI is InChI=1S/C8H7ClIN3/c9-8-3-6(10)5(4-13-8)7(12)1-2-11/h3-4,7H,1,12H2. The summed E-state index contributed by atoms with van der Waals surface area (Å²) in [5.41, 5.74) is 6.61. The minimum absolute atomic E-state index is 0.276. The van der Waals surface area contributed by atoms with Crippen LogP contribution in [-0.4, -0.2) is 4.98 Å². The Bertz CT molecular complexity index is 348. The van der Waals surface area contributed by atoms with E-state index in [1.165, 1.54) is 0 Å². The molecule has 68 valence electrons. The second-order valence-electron chi connectivity index (χ2n) is 2.50. The molecule has 0 saturated carbocycles. The Morgan fingerprint density at radius 1 is 1.77 bits per heavy atom. The maximum atomic E-state index is 8.46. The summed E-state index contributed by atoms with van der Waals surface area (Å²) in [7, 11) is 0. The zero-order chi connectivity index (χ0) is 9.84. The van der Waals surface area contributed by atoms with Gasteiger partial charge in [-0.25, -0.2) is 4.98 Å². The van der Waals surface area contributed by atoms with Crippen molar-refractivity contribution in [3.8, 4) is 6.07 Å². The molecule has 0 spiro atoms. The lowest BCUT2D eigenvalue weighted by Gasteiger charge is -2.09. The van der Waals surface area contributed by atoms with Crippen LogP contribution in [0.25, 0.3) is 0 Å². The third-order valence-electron chi connectivity index (χ3n) is 1.56. The Kier molecular flexibility index (Phi) is 3.90. The van der Waals surface area contributed by atoms with E-state index in [1.807, 2.05) is 6.07 Å². The number of nitrogens with zero attached hydrogens (tertiary/aromatic N) is 2. The normalized spacial score (nSPS) is 12.2. The van der Waals surface area contributed by atoms with Crippen molar-refractivity contribution in [1.82, 2.24) is 4.98 Å². The van der Waals surface area contributed by atoms with Crippen LogP contribution in [0.1, 0.15) is 18.0 Å². The third kappa shape index (κ3) is 2.79. The first-order valence-electron chi connectivity index (χ1n) is 3.58. The molecule has 0 aliphatic heterocycles. The van der Waals surface area contributed by atoms with Crippen molar-refractivity contribution in [2.45, 2.75) is 12.5 Å². The van der Waals surface area contributed by atoms with Crippen LogP contribution in [0.4, 0.5) is 0 Å². The Labute approximate surface area is 95.0 Å². The summed E-state index contributed by atoms with van der Waals surface area (Å²) in [6, 6.07) is 3.47. The van der Waals surface area contributed by atoms with Crippen molar-refractivity contribution in [3.05, 3.63) is 26.5 Å². The molecular weight excluding hydrogens is 300 g/mol. The average Bonchev–Trinajstić information content (AvgIpc) is 2.04. The molecule has 0 fully saturated rings. The maximum absolute atomic E-state index is 8.46. The molecule has 0 amide bonds. The fraction of sp³-hybridized carbons (Fsp3) is 0.250. The highest BCUT2D eigenvalue weighted by atomic mass is 127. The van der Waals surface area contributed by atoms with E-state index >= 15 is 0 Å². The second kappa shape index (κ2) is 4.74. The largest absolute Gasteiger partial charge is 0.323 e. The van der Waals surface area contributed by atoms with Crippen molar-refractivity contribution in [2.24, 2.45) is 5.73 Å². The van der Waals surface area contributed by atoms with E-state index in [9.17, 15) is 0 Å². The highest BCUT2D eigenvalue weighted by Gasteiger charge is 2.09. The van der Waals surface area contributed by atoms with E-state index in [2.05, 4.69) is 27.6 Å². The molecule has 0 saturated heterocycles. The number of aromatic nitrogens is 1. The van der Waals surface area contributed by atoms with Gasteiger partial charge in [0.1, 0.15) is 5.15 Å². The van der Waals surface area contributed by atoms with Gasteiger partial charge in [-0.3, -0.25) is 0 Å². The molecule has 1 aromatic heterocycles. The molecule has 1 rings (SSSR count). The first kappa shape index (κ1) is 10.7. The highest BCUT2D eigenvalue weighted by molar-refractivity contribution is 14.1. The lowest BCUT2D eigenvalue weighted by atomic mass is 10.1. The predicted molar refractivity (Wildman–Crippen MR) is 59.1 cm³/mol. The fourth-order valence-corrected chi connectivity index (χ4v) is 2.08. The molecular formula is C8H7ClIN3. The van der Waals surface area contributed by atoms with Crippen molar-refractivity contribution in [2.75, 3.05) is 0 Å². The SMILES string of the molecule is N#CCC(N)c1cnc(Cl)cc1I. The quantitative estimate of drug-likeness (QED) is 0.673. The van der Waals surface area contributed by atoms with E-state index < -0.39 is 0 Å². The van der Waals surface area contributed by atoms with Crippen LogP contribution < -0.4 is 5.73 Å². The molecule has 3 nitrogen and oxygen atoms in total. The minimum Gasteiger partial charge on any atom is -0.323 e. The molecule has 0 bridgehead atoms. The van der Waals surface area contributed by atoms with Crippen LogP contribution >= 0.6 is 34.2 Å². The van der Waals surface area contributed by atoms with Gasteiger partial charge in [0.2, 0.25) is 0 Å². The van der Waals surface area contributed by atoms with Gasteiger partial charge in [0.05, 0.1) is 12.5 Å². The first-order valence-corrected chi connectivity index (χ1v) is 5.04. The molecule has 0 aromatic carbocycles. The molecule has 0 aliphatic rings. The summed E-state index contributed by atoms with van der Waals surface area (Å²) in [4.78, 5) is 3.91. The molecule has 13 heavy (non-hydrogen) atoms. The molecule has 2 N–H and O–H groups in total. The van der Waals surface area contributed by atoms with Crippen LogP contribution in [-0.2, 0) is 0 Å². The van der Waals surface area contributed by atoms with Crippen molar-refractivity contribution in [3.63, 3.8) is 0 Å². The molecule has 1 atom stereocenters. The van der Waals surface area contributed by atoms with Crippen LogP contribution in [0.3, 0.4) is 0 Å². The van der Waals surface area contributed by atoms with E-state index in [4.69, 9.17) is 22.6 Å². The number of hydrogen-bond donors (Lipinski definition) is 1.